The van der Waals surface area contributed by atoms with Crippen LogP contribution < -0.4 is 5.32 Å². The van der Waals surface area contributed by atoms with Gasteiger partial charge in [0.1, 0.15) is 11.7 Å². The molecule has 0 radical (unpaired) electrons. The van der Waals surface area contributed by atoms with Crippen molar-refractivity contribution < 1.29 is 0 Å². The van der Waals surface area contributed by atoms with Crippen LogP contribution in [0.2, 0.25) is 0 Å². The highest BCUT2D eigenvalue weighted by Gasteiger charge is 2.23. The summed E-state index contributed by atoms with van der Waals surface area (Å²) in [6, 6.07) is 8.54. The molecule has 1 aromatic carbocycles. The van der Waals surface area contributed by atoms with E-state index in [0.717, 1.165) is 17.2 Å². The molecule has 0 atom stereocenters. The number of benzene rings is 1. The first kappa shape index (κ1) is 16.5. The molecule has 0 aliphatic carbocycles. The fraction of sp³-hybridized carbons (Fsp3) is 0.474. The lowest BCUT2D eigenvalue weighted by molar-refractivity contribution is 0.580. The summed E-state index contributed by atoms with van der Waals surface area (Å²) in [6.07, 6.45) is 2.10. The summed E-state index contributed by atoms with van der Waals surface area (Å²) in [5.74, 6) is 1.78. The van der Waals surface area contributed by atoms with E-state index < -0.39 is 0 Å². The first-order chi connectivity index (χ1) is 10.0. The predicted molar refractivity (Wildman–Crippen MR) is 96.7 cm³/mol. The number of hydrogen-bond acceptors (Lipinski definition) is 2. The van der Waals surface area contributed by atoms with Crippen LogP contribution in [0.15, 0.2) is 40.3 Å². The number of nitrogens with zero attached hydrogens (tertiary/aromatic N) is 2. The fourth-order valence-corrected chi connectivity index (χ4v) is 2.23. The number of nitrogens with one attached hydrogen (secondary N) is 1. The second-order valence-corrected chi connectivity index (χ2v) is 7.85. The Labute approximate surface area is 134 Å². The molecule has 0 fully saturated rings. The third-order valence-electron chi connectivity index (χ3n) is 3.05. The van der Waals surface area contributed by atoms with E-state index >= 15 is 0 Å². The lowest BCUT2D eigenvalue weighted by Gasteiger charge is -2.16. The third kappa shape index (κ3) is 4.55. The van der Waals surface area contributed by atoms with Crippen molar-refractivity contribution in [2.24, 2.45) is 9.98 Å². The van der Waals surface area contributed by atoms with Crippen molar-refractivity contribution >= 4 is 17.2 Å². The summed E-state index contributed by atoms with van der Waals surface area (Å²) >= 11 is 0. The Kier molecular flexibility index (Phi) is 4.28. The summed E-state index contributed by atoms with van der Waals surface area (Å²) in [6.45, 7) is 14.7. The second-order valence-electron chi connectivity index (χ2n) is 7.85. The van der Waals surface area contributed by atoms with Crippen molar-refractivity contribution in [3.8, 4) is 0 Å². The van der Waals surface area contributed by atoms with Crippen LogP contribution in [-0.2, 0) is 0 Å². The van der Waals surface area contributed by atoms with Crippen molar-refractivity contribution in [2.45, 2.75) is 59.5 Å². The van der Waals surface area contributed by atoms with Gasteiger partial charge in [-0.2, -0.15) is 0 Å². The lowest BCUT2D eigenvalue weighted by atomic mass is 10.0. The minimum Gasteiger partial charge on any atom is -0.325 e. The maximum absolute atomic E-state index is 4.83. The molecule has 0 saturated heterocycles. The SMILES string of the molecule is Cc1ccc(C2=CC(=NC(C)(C)C)NC2=NC(C)(C)C)cc1. The van der Waals surface area contributed by atoms with Gasteiger partial charge in [-0.3, -0.25) is 9.98 Å². The van der Waals surface area contributed by atoms with E-state index in [-0.39, 0.29) is 11.1 Å². The summed E-state index contributed by atoms with van der Waals surface area (Å²) < 4.78 is 0. The molecule has 0 bridgehead atoms. The summed E-state index contributed by atoms with van der Waals surface area (Å²) in [5, 5.41) is 3.37. The maximum atomic E-state index is 4.83. The van der Waals surface area contributed by atoms with E-state index in [2.05, 4.69) is 84.1 Å². The van der Waals surface area contributed by atoms with Gasteiger partial charge in [0, 0.05) is 5.57 Å². The Balaban J connectivity index is 2.48. The minimum absolute atomic E-state index is 0.117. The van der Waals surface area contributed by atoms with Gasteiger partial charge in [0.05, 0.1) is 11.1 Å². The van der Waals surface area contributed by atoms with Crippen LogP contribution in [0.3, 0.4) is 0 Å². The van der Waals surface area contributed by atoms with Crippen LogP contribution in [0.5, 0.6) is 0 Å². The van der Waals surface area contributed by atoms with E-state index in [1.165, 1.54) is 11.1 Å². The van der Waals surface area contributed by atoms with Crippen LogP contribution in [0.1, 0.15) is 52.7 Å². The molecule has 0 spiro atoms. The molecule has 1 heterocycles. The summed E-state index contributed by atoms with van der Waals surface area (Å²) in [5.41, 5.74) is 3.28. The van der Waals surface area contributed by atoms with Crippen molar-refractivity contribution in [3.63, 3.8) is 0 Å². The van der Waals surface area contributed by atoms with Gasteiger partial charge in [-0.15, -0.1) is 0 Å². The van der Waals surface area contributed by atoms with Gasteiger partial charge in [0.2, 0.25) is 0 Å². The molecular formula is C19H27N3. The molecule has 3 heteroatoms. The topological polar surface area (TPSA) is 36.8 Å². The van der Waals surface area contributed by atoms with Crippen LogP contribution in [0, 0.1) is 6.92 Å². The molecule has 2 rings (SSSR count). The maximum Gasteiger partial charge on any atom is 0.135 e. The lowest BCUT2D eigenvalue weighted by Crippen LogP contribution is -2.28. The van der Waals surface area contributed by atoms with E-state index in [9.17, 15) is 0 Å². The smallest absolute Gasteiger partial charge is 0.135 e. The highest BCUT2D eigenvalue weighted by Crippen LogP contribution is 2.23. The average molecular weight is 297 g/mol. The molecule has 1 aromatic rings. The number of amidine groups is 2. The van der Waals surface area contributed by atoms with Gasteiger partial charge in [0.25, 0.3) is 0 Å². The molecular weight excluding hydrogens is 270 g/mol. The Morgan fingerprint density at radius 3 is 1.86 bits per heavy atom. The van der Waals surface area contributed by atoms with Gasteiger partial charge in [-0.05, 0) is 60.1 Å². The Morgan fingerprint density at radius 1 is 0.818 bits per heavy atom. The van der Waals surface area contributed by atoms with Gasteiger partial charge < -0.3 is 5.32 Å². The standard InChI is InChI=1S/C19H27N3/c1-13-8-10-14(11-9-13)15-12-16(21-18(2,3)4)20-17(15)22-19(5,6)7/h8-12H,1-7H3,(H,20,21,22). The molecule has 1 aliphatic heterocycles. The quantitative estimate of drug-likeness (QED) is 0.820. The normalized spacial score (nSPS) is 19.5. The highest BCUT2D eigenvalue weighted by molar-refractivity contribution is 6.36. The van der Waals surface area contributed by atoms with E-state index in [0.29, 0.717) is 0 Å². The van der Waals surface area contributed by atoms with Crippen LogP contribution in [0.4, 0.5) is 0 Å². The van der Waals surface area contributed by atoms with Crippen LogP contribution in [-0.4, -0.2) is 22.7 Å². The second kappa shape index (κ2) is 5.71. The molecule has 118 valence electrons. The first-order valence-corrected chi connectivity index (χ1v) is 7.79. The van der Waals surface area contributed by atoms with Gasteiger partial charge >= 0.3 is 0 Å². The van der Waals surface area contributed by atoms with Crippen molar-refractivity contribution in [1.82, 2.24) is 5.32 Å². The Hall–Kier alpha value is -1.90. The Bertz CT molecular complexity index is 633. The van der Waals surface area contributed by atoms with Crippen LogP contribution in [0.25, 0.3) is 5.57 Å². The zero-order valence-corrected chi connectivity index (χ0v) is 14.8. The molecule has 1 aliphatic rings. The summed E-state index contributed by atoms with van der Waals surface area (Å²) in [4.78, 5) is 9.56. The Morgan fingerprint density at radius 2 is 1.36 bits per heavy atom. The van der Waals surface area contributed by atoms with E-state index in [1.807, 2.05) is 0 Å². The van der Waals surface area contributed by atoms with Crippen molar-refractivity contribution in [2.75, 3.05) is 0 Å². The first-order valence-electron chi connectivity index (χ1n) is 7.79. The number of hydrogen-bond donors (Lipinski definition) is 1. The average Bonchev–Trinajstić information content (AvgIpc) is 2.67. The van der Waals surface area contributed by atoms with Gasteiger partial charge in [-0.1, -0.05) is 29.8 Å². The van der Waals surface area contributed by atoms with Crippen molar-refractivity contribution in [3.05, 3.63) is 41.5 Å². The molecule has 0 unspecified atom stereocenters. The van der Waals surface area contributed by atoms with E-state index in [4.69, 9.17) is 9.98 Å². The van der Waals surface area contributed by atoms with Gasteiger partial charge in [0.15, 0.2) is 0 Å². The van der Waals surface area contributed by atoms with Crippen LogP contribution >= 0.6 is 0 Å². The number of aliphatic imine (C=N–C) groups is 2. The molecule has 0 saturated carbocycles. The molecule has 0 aromatic heterocycles. The highest BCUT2D eigenvalue weighted by atomic mass is 15.1. The molecule has 1 N–H and O–H groups in total. The number of rotatable bonds is 1. The molecule has 3 nitrogen and oxygen atoms in total. The zero-order chi connectivity index (χ0) is 16.5. The van der Waals surface area contributed by atoms with Gasteiger partial charge in [-0.25, -0.2) is 0 Å². The zero-order valence-electron chi connectivity index (χ0n) is 14.8. The van der Waals surface area contributed by atoms with Crippen molar-refractivity contribution in [1.29, 1.82) is 0 Å². The summed E-state index contributed by atoms with van der Waals surface area (Å²) in [7, 11) is 0. The molecule has 0 amide bonds. The number of aryl methyl sites for hydroxylation is 1. The predicted octanol–water partition coefficient (Wildman–Crippen LogP) is 4.38. The minimum atomic E-state index is -0.136. The molecule has 22 heavy (non-hydrogen) atoms. The fourth-order valence-electron chi connectivity index (χ4n) is 2.23. The largest absolute Gasteiger partial charge is 0.325 e. The third-order valence-corrected chi connectivity index (χ3v) is 3.05. The van der Waals surface area contributed by atoms with E-state index in [1.54, 1.807) is 0 Å². The monoisotopic (exact) mass is 297 g/mol.